The second-order valence-electron chi connectivity index (χ2n) is 7.28. The van der Waals surface area contributed by atoms with Gasteiger partial charge in [-0.1, -0.05) is 26.3 Å². The van der Waals surface area contributed by atoms with Crippen LogP contribution in [0.3, 0.4) is 0 Å². The highest BCUT2D eigenvalue weighted by Crippen LogP contribution is 2.48. The van der Waals surface area contributed by atoms with E-state index in [4.69, 9.17) is 0 Å². The molecule has 0 aromatic heterocycles. The first-order chi connectivity index (χ1) is 10.9. The first kappa shape index (κ1) is 16.2. The lowest BCUT2D eigenvalue weighted by atomic mass is 9.74. The van der Waals surface area contributed by atoms with Crippen molar-refractivity contribution in [3.8, 4) is 0 Å². The Morgan fingerprint density at radius 1 is 1.30 bits per heavy atom. The number of hydrogen-bond acceptors (Lipinski definition) is 3. The number of amides is 1. The Bertz CT molecular complexity index is 582. The van der Waals surface area contributed by atoms with Gasteiger partial charge in [0, 0.05) is 17.9 Å². The summed E-state index contributed by atoms with van der Waals surface area (Å²) in [4.78, 5) is 36.4. The molecule has 3 aliphatic carbocycles. The van der Waals surface area contributed by atoms with Crippen LogP contribution in [0.15, 0.2) is 11.6 Å². The van der Waals surface area contributed by atoms with Crippen LogP contribution < -0.4 is 5.32 Å². The van der Waals surface area contributed by atoms with Crippen molar-refractivity contribution in [2.75, 3.05) is 0 Å². The number of aliphatic carboxylic acids is 1. The summed E-state index contributed by atoms with van der Waals surface area (Å²) in [6.45, 7) is 4.00. The van der Waals surface area contributed by atoms with Crippen molar-refractivity contribution < 1.29 is 19.5 Å². The summed E-state index contributed by atoms with van der Waals surface area (Å²) in [6, 6.07) is 0. The van der Waals surface area contributed by atoms with Gasteiger partial charge >= 0.3 is 5.97 Å². The maximum atomic E-state index is 12.8. The first-order valence-electron chi connectivity index (χ1n) is 8.73. The first-order valence-corrected chi connectivity index (χ1v) is 8.73. The van der Waals surface area contributed by atoms with Gasteiger partial charge in [0.15, 0.2) is 0 Å². The summed E-state index contributed by atoms with van der Waals surface area (Å²) in [5.74, 6) is -0.774. The van der Waals surface area contributed by atoms with Gasteiger partial charge in [0.25, 0.3) is 0 Å². The molecule has 3 aliphatic rings. The largest absolute Gasteiger partial charge is 0.479 e. The molecule has 23 heavy (non-hydrogen) atoms. The van der Waals surface area contributed by atoms with Crippen LogP contribution in [0, 0.1) is 23.7 Å². The number of Topliss-reactive ketones (excluding diaryl/α,β-unsaturated/α-hetero) is 1. The second kappa shape index (κ2) is 5.77. The van der Waals surface area contributed by atoms with E-state index in [0.29, 0.717) is 18.4 Å². The zero-order valence-electron chi connectivity index (χ0n) is 13.8. The molecule has 2 saturated carbocycles. The molecule has 0 radical (unpaired) electrons. The summed E-state index contributed by atoms with van der Waals surface area (Å²) in [7, 11) is 0. The number of allylic oxidation sites excluding steroid dienone is 1. The summed E-state index contributed by atoms with van der Waals surface area (Å²) >= 11 is 0. The third kappa shape index (κ3) is 2.60. The molecule has 5 atom stereocenters. The summed E-state index contributed by atoms with van der Waals surface area (Å²) in [5.41, 5.74) is -0.439. The van der Waals surface area contributed by atoms with Crippen molar-refractivity contribution in [2.24, 2.45) is 23.7 Å². The van der Waals surface area contributed by atoms with Crippen LogP contribution in [0.1, 0.15) is 52.4 Å². The number of carboxylic acids is 1. The number of carbonyl (C=O) groups excluding carboxylic acids is 2. The van der Waals surface area contributed by atoms with Crippen molar-refractivity contribution in [1.29, 1.82) is 0 Å². The Balaban J connectivity index is 1.82. The third-order valence-corrected chi connectivity index (χ3v) is 6.08. The Labute approximate surface area is 136 Å². The topological polar surface area (TPSA) is 83.5 Å². The van der Waals surface area contributed by atoms with Crippen LogP contribution in [-0.4, -0.2) is 28.3 Å². The van der Waals surface area contributed by atoms with Crippen molar-refractivity contribution in [3.05, 3.63) is 11.6 Å². The van der Waals surface area contributed by atoms with Gasteiger partial charge in [0.05, 0.1) is 0 Å². The van der Waals surface area contributed by atoms with Gasteiger partial charge < -0.3 is 10.4 Å². The van der Waals surface area contributed by atoms with E-state index in [2.05, 4.69) is 12.2 Å². The summed E-state index contributed by atoms with van der Waals surface area (Å²) in [6.07, 6.45) is 6.23. The number of rotatable bonds is 5. The van der Waals surface area contributed by atoms with Crippen LogP contribution in [-0.2, 0) is 14.4 Å². The van der Waals surface area contributed by atoms with E-state index < -0.39 is 11.5 Å². The highest BCUT2D eigenvalue weighted by Gasteiger charge is 2.61. The van der Waals surface area contributed by atoms with Crippen LogP contribution >= 0.6 is 0 Å². The molecule has 2 N–H and O–H groups in total. The standard InChI is InChI=1S/C18H25NO4/c1-3-10-7-13-12(5-6-15(13)20)14(8-10)16(21)19-18(17(22)23)9-11(18)4-2/h8,10-13H,3-7,9H2,1-2H3,(H,19,21)(H,22,23)/t10-,11?,12?,13?,18?/m0/s1. The van der Waals surface area contributed by atoms with Crippen LogP contribution in [0.4, 0.5) is 0 Å². The molecule has 0 aliphatic heterocycles. The molecule has 0 heterocycles. The van der Waals surface area contributed by atoms with Gasteiger partial charge in [-0.25, -0.2) is 4.79 Å². The normalized spacial score (nSPS) is 38.7. The van der Waals surface area contributed by atoms with Crippen molar-refractivity contribution in [1.82, 2.24) is 5.32 Å². The fourth-order valence-corrected chi connectivity index (χ4v) is 4.44. The van der Waals surface area contributed by atoms with E-state index in [1.54, 1.807) is 0 Å². The minimum Gasteiger partial charge on any atom is -0.479 e. The highest BCUT2D eigenvalue weighted by atomic mass is 16.4. The van der Waals surface area contributed by atoms with Gasteiger partial charge in [-0.2, -0.15) is 0 Å². The molecular weight excluding hydrogens is 294 g/mol. The molecule has 0 spiro atoms. The lowest BCUT2D eigenvalue weighted by molar-refractivity contribution is -0.143. The SMILES string of the molecule is CCC1CC1(NC(=O)C1=C[C@@H](CC)CC2C(=O)CCC12)C(=O)O. The van der Waals surface area contributed by atoms with Crippen molar-refractivity contribution in [2.45, 2.75) is 57.9 Å². The Hall–Kier alpha value is -1.65. The predicted octanol–water partition coefficient (Wildman–Crippen LogP) is 2.31. The molecule has 1 amide bonds. The molecule has 126 valence electrons. The van der Waals surface area contributed by atoms with E-state index in [1.807, 2.05) is 13.0 Å². The lowest BCUT2D eigenvalue weighted by Gasteiger charge is -2.30. The number of fused-ring (bicyclic) bond motifs is 1. The van der Waals surface area contributed by atoms with Crippen molar-refractivity contribution >= 4 is 17.7 Å². The maximum Gasteiger partial charge on any atom is 0.329 e. The number of nitrogens with one attached hydrogen (secondary N) is 1. The maximum absolute atomic E-state index is 12.8. The van der Waals surface area contributed by atoms with Crippen molar-refractivity contribution in [3.63, 3.8) is 0 Å². The minimum absolute atomic E-state index is 0.0103. The smallest absolute Gasteiger partial charge is 0.329 e. The Kier molecular flexibility index (Phi) is 4.07. The third-order valence-electron chi connectivity index (χ3n) is 6.08. The molecule has 0 saturated heterocycles. The summed E-state index contributed by atoms with van der Waals surface area (Å²) < 4.78 is 0. The van der Waals surface area contributed by atoms with Gasteiger partial charge in [-0.3, -0.25) is 9.59 Å². The van der Waals surface area contributed by atoms with Gasteiger partial charge in [-0.05, 0) is 43.4 Å². The monoisotopic (exact) mass is 319 g/mol. The molecule has 4 unspecified atom stereocenters. The van der Waals surface area contributed by atoms with E-state index in [1.165, 1.54) is 0 Å². The summed E-state index contributed by atoms with van der Waals surface area (Å²) in [5, 5.41) is 12.3. The number of hydrogen-bond donors (Lipinski definition) is 2. The fraction of sp³-hybridized carbons (Fsp3) is 0.722. The number of carboxylic acid groups (broad SMARTS) is 1. The van der Waals surface area contributed by atoms with Crippen LogP contribution in [0.25, 0.3) is 0 Å². The van der Waals surface area contributed by atoms with E-state index in [0.717, 1.165) is 25.7 Å². The average Bonchev–Trinajstić information content (AvgIpc) is 3.14. The minimum atomic E-state index is -1.09. The zero-order chi connectivity index (χ0) is 16.8. The number of ketones is 1. The fourth-order valence-electron chi connectivity index (χ4n) is 4.44. The average molecular weight is 319 g/mol. The van der Waals surface area contributed by atoms with E-state index in [9.17, 15) is 19.5 Å². The van der Waals surface area contributed by atoms with Crippen LogP contribution in [0.5, 0.6) is 0 Å². The van der Waals surface area contributed by atoms with Crippen LogP contribution in [0.2, 0.25) is 0 Å². The molecular formula is C18H25NO4. The van der Waals surface area contributed by atoms with Gasteiger partial charge in [0.2, 0.25) is 5.91 Å². The molecule has 3 rings (SSSR count). The highest BCUT2D eigenvalue weighted by molar-refractivity contribution is 6.00. The van der Waals surface area contributed by atoms with E-state index >= 15 is 0 Å². The second-order valence-corrected chi connectivity index (χ2v) is 7.28. The Morgan fingerprint density at radius 2 is 2.04 bits per heavy atom. The lowest BCUT2D eigenvalue weighted by Crippen LogP contribution is -2.47. The molecule has 0 bridgehead atoms. The van der Waals surface area contributed by atoms with Gasteiger partial charge in [-0.15, -0.1) is 0 Å². The predicted molar refractivity (Wildman–Crippen MR) is 84.6 cm³/mol. The van der Waals surface area contributed by atoms with Gasteiger partial charge in [0.1, 0.15) is 11.3 Å². The molecule has 2 fully saturated rings. The molecule has 5 heteroatoms. The quantitative estimate of drug-likeness (QED) is 0.814. The molecule has 0 aromatic rings. The molecule has 0 aromatic carbocycles. The van der Waals surface area contributed by atoms with E-state index in [-0.39, 0.29) is 35.4 Å². The Morgan fingerprint density at radius 3 is 2.61 bits per heavy atom. The zero-order valence-corrected chi connectivity index (χ0v) is 13.8. The number of carbonyl (C=O) groups is 3. The molecule has 5 nitrogen and oxygen atoms in total.